The number of thiophene rings is 1. The quantitative estimate of drug-likeness (QED) is 0.726. The Bertz CT molecular complexity index is 746. The minimum atomic E-state index is -0.717. The molecule has 3 aromatic rings. The van der Waals surface area contributed by atoms with Gasteiger partial charge in [-0.25, -0.2) is 0 Å². The lowest BCUT2D eigenvalue weighted by Crippen LogP contribution is -2.27. The minimum Gasteiger partial charge on any atom is -0.316 e. The molecule has 2 aromatic heterocycles. The fourth-order valence-corrected chi connectivity index (χ4v) is 3.38. The van der Waals surface area contributed by atoms with Gasteiger partial charge in [0.05, 0.1) is 0 Å². The summed E-state index contributed by atoms with van der Waals surface area (Å²) in [6.07, 6.45) is 0.724. The monoisotopic (exact) mass is 366 g/mol. The SMILES string of the molecule is Cl.NC(C(=O)Nc1nnc(Cc2ccsc2)s1)c1ccccc1. The molecule has 0 bridgehead atoms. The van der Waals surface area contributed by atoms with E-state index < -0.39 is 6.04 Å². The third-order valence-electron chi connectivity index (χ3n) is 3.07. The normalized spacial score (nSPS) is 11.5. The number of nitrogens with one attached hydrogen (secondary N) is 1. The van der Waals surface area contributed by atoms with E-state index in [2.05, 4.69) is 27.0 Å². The molecule has 0 aliphatic carbocycles. The molecule has 0 saturated carbocycles. The molecule has 0 fully saturated rings. The van der Waals surface area contributed by atoms with Crippen LogP contribution in [-0.4, -0.2) is 16.1 Å². The van der Waals surface area contributed by atoms with Gasteiger partial charge in [-0.05, 0) is 28.0 Å². The summed E-state index contributed by atoms with van der Waals surface area (Å²) in [5.41, 5.74) is 7.91. The summed E-state index contributed by atoms with van der Waals surface area (Å²) in [5, 5.41) is 16.3. The number of hydrogen-bond donors (Lipinski definition) is 2. The molecule has 3 N–H and O–H groups in total. The number of hydrogen-bond acceptors (Lipinski definition) is 6. The van der Waals surface area contributed by atoms with Gasteiger partial charge < -0.3 is 5.73 Å². The third-order valence-corrected chi connectivity index (χ3v) is 4.64. The van der Waals surface area contributed by atoms with Gasteiger partial charge in [0.25, 0.3) is 0 Å². The summed E-state index contributed by atoms with van der Waals surface area (Å²) in [7, 11) is 0. The van der Waals surface area contributed by atoms with E-state index in [4.69, 9.17) is 5.73 Å². The van der Waals surface area contributed by atoms with Gasteiger partial charge in [0.15, 0.2) is 0 Å². The average molecular weight is 367 g/mol. The van der Waals surface area contributed by atoms with Crippen molar-refractivity contribution in [3.8, 4) is 0 Å². The molecule has 23 heavy (non-hydrogen) atoms. The van der Waals surface area contributed by atoms with Crippen LogP contribution >= 0.6 is 35.1 Å². The first-order chi connectivity index (χ1) is 10.7. The maximum atomic E-state index is 12.1. The molecule has 1 aromatic carbocycles. The lowest BCUT2D eigenvalue weighted by atomic mass is 10.1. The van der Waals surface area contributed by atoms with Crippen LogP contribution < -0.4 is 11.1 Å². The number of anilines is 1. The summed E-state index contributed by atoms with van der Waals surface area (Å²) in [5.74, 6) is -0.288. The fraction of sp³-hybridized carbons (Fsp3) is 0.133. The molecule has 5 nitrogen and oxygen atoms in total. The molecule has 1 unspecified atom stereocenters. The Labute approximate surface area is 148 Å². The number of carbonyl (C=O) groups is 1. The maximum Gasteiger partial charge on any atom is 0.247 e. The van der Waals surface area contributed by atoms with Crippen molar-refractivity contribution in [1.29, 1.82) is 0 Å². The van der Waals surface area contributed by atoms with Crippen molar-refractivity contribution in [3.05, 3.63) is 63.3 Å². The van der Waals surface area contributed by atoms with Crippen LogP contribution in [0.1, 0.15) is 22.2 Å². The van der Waals surface area contributed by atoms with Crippen LogP contribution in [0.15, 0.2) is 47.2 Å². The van der Waals surface area contributed by atoms with Crippen LogP contribution in [0.2, 0.25) is 0 Å². The Hall–Kier alpha value is -1.80. The first-order valence-electron chi connectivity index (χ1n) is 6.67. The summed E-state index contributed by atoms with van der Waals surface area (Å²) in [6, 6.07) is 10.6. The Morgan fingerprint density at radius 2 is 2.00 bits per heavy atom. The van der Waals surface area contributed by atoms with Crippen molar-refractivity contribution in [1.82, 2.24) is 10.2 Å². The predicted octanol–water partition coefficient (Wildman–Crippen LogP) is 3.25. The average Bonchev–Trinajstić information content (AvgIpc) is 3.20. The van der Waals surface area contributed by atoms with Crippen molar-refractivity contribution in [2.24, 2.45) is 5.73 Å². The Morgan fingerprint density at radius 3 is 2.70 bits per heavy atom. The number of rotatable bonds is 5. The molecule has 0 saturated heterocycles. The van der Waals surface area contributed by atoms with Crippen molar-refractivity contribution < 1.29 is 4.79 Å². The standard InChI is InChI=1S/C15H14N4OS2.ClH/c16-13(11-4-2-1-3-5-11)14(20)17-15-19-18-12(22-15)8-10-6-7-21-9-10;/h1-7,9,13H,8,16H2,(H,17,19,20);1H. The first kappa shape index (κ1) is 17.6. The van der Waals surface area contributed by atoms with Crippen LogP contribution in [-0.2, 0) is 11.2 Å². The second-order valence-electron chi connectivity index (χ2n) is 4.69. The van der Waals surface area contributed by atoms with Crippen molar-refractivity contribution in [3.63, 3.8) is 0 Å². The maximum absolute atomic E-state index is 12.1. The van der Waals surface area contributed by atoms with Crippen molar-refractivity contribution in [2.45, 2.75) is 12.5 Å². The van der Waals surface area contributed by atoms with Gasteiger partial charge in [-0.3, -0.25) is 10.1 Å². The number of amides is 1. The molecular formula is C15H15ClN4OS2. The highest BCUT2D eigenvalue weighted by atomic mass is 35.5. The number of benzene rings is 1. The molecule has 1 atom stereocenters. The third kappa shape index (κ3) is 4.59. The van der Waals surface area contributed by atoms with Crippen molar-refractivity contribution >= 4 is 46.1 Å². The summed E-state index contributed by atoms with van der Waals surface area (Å²) in [4.78, 5) is 12.1. The Balaban J connectivity index is 0.00000192. The van der Waals surface area contributed by atoms with Gasteiger partial charge in [-0.15, -0.1) is 22.6 Å². The van der Waals surface area contributed by atoms with Crippen LogP contribution in [0.4, 0.5) is 5.13 Å². The molecule has 120 valence electrons. The summed E-state index contributed by atoms with van der Waals surface area (Å²) >= 11 is 3.01. The number of carbonyl (C=O) groups excluding carboxylic acids is 1. The zero-order valence-electron chi connectivity index (χ0n) is 12.0. The van der Waals surface area contributed by atoms with Crippen molar-refractivity contribution in [2.75, 3.05) is 5.32 Å². The second kappa shape index (κ2) is 8.16. The van der Waals surface area contributed by atoms with E-state index in [9.17, 15) is 4.79 Å². The van der Waals surface area contributed by atoms with E-state index in [1.807, 2.05) is 35.7 Å². The largest absolute Gasteiger partial charge is 0.316 e. The second-order valence-corrected chi connectivity index (χ2v) is 6.53. The zero-order valence-corrected chi connectivity index (χ0v) is 14.5. The Kier molecular flexibility index (Phi) is 6.23. The number of halogens is 1. The van der Waals surface area contributed by atoms with E-state index >= 15 is 0 Å². The molecule has 0 radical (unpaired) electrons. The molecule has 8 heteroatoms. The molecule has 0 aliphatic heterocycles. The van der Waals surface area contributed by atoms with Crippen LogP contribution in [0.3, 0.4) is 0 Å². The fourth-order valence-electron chi connectivity index (χ4n) is 1.94. The van der Waals surface area contributed by atoms with E-state index in [1.54, 1.807) is 11.3 Å². The van der Waals surface area contributed by atoms with Gasteiger partial charge in [-0.2, -0.15) is 11.3 Å². The van der Waals surface area contributed by atoms with Crippen LogP contribution in [0.5, 0.6) is 0 Å². The topological polar surface area (TPSA) is 80.9 Å². The van der Waals surface area contributed by atoms with Gasteiger partial charge in [0, 0.05) is 6.42 Å². The first-order valence-corrected chi connectivity index (χ1v) is 8.43. The molecule has 0 spiro atoms. The Morgan fingerprint density at radius 1 is 1.22 bits per heavy atom. The van der Waals surface area contributed by atoms with Gasteiger partial charge in [-0.1, -0.05) is 41.7 Å². The van der Waals surface area contributed by atoms with Crippen LogP contribution in [0, 0.1) is 0 Å². The van der Waals surface area contributed by atoms with Gasteiger partial charge >= 0.3 is 0 Å². The smallest absolute Gasteiger partial charge is 0.247 e. The van der Waals surface area contributed by atoms with E-state index in [0.29, 0.717) is 5.13 Å². The van der Waals surface area contributed by atoms with Gasteiger partial charge in [0.2, 0.25) is 11.0 Å². The summed E-state index contributed by atoms with van der Waals surface area (Å²) < 4.78 is 0. The predicted molar refractivity (Wildman–Crippen MR) is 96.3 cm³/mol. The lowest BCUT2D eigenvalue weighted by molar-refractivity contribution is -0.117. The van der Waals surface area contributed by atoms with E-state index in [-0.39, 0.29) is 18.3 Å². The van der Waals surface area contributed by atoms with E-state index in [0.717, 1.165) is 17.0 Å². The van der Waals surface area contributed by atoms with Gasteiger partial charge in [0.1, 0.15) is 11.0 Å². The highest BCUT2D eigenvalue weighted by Gasteiger charge is 2.17. The highest BCUT2D eigenvalue weighted by Crippen LogP contribution is 2.21. The minimum absolute atomic E-state index is 0. The lowest BCUT2D eigenvalue weighted by Gasteiger charge is -2.10. The molecular weight excluding hydrogens is 352 g/mol. The number of nitrogens with two attached hydrogens (primary N) is 1. The van der Waals surface area contributed by atoms with Crippen LogP contribution in [0.25, 0.3) is 0 Å². The number of aromatic nitrogens is 2. The highest BCUT2D eigenvalue weighted by molar-refractivity contribution is 7.15. The molecule has 0 aliphatic rings. The zero-order chi connectivity index (χ0) is 15.4. The van der Waals surface area contributed by atoms with E-state index in [1.165, 1.54) is 16.9 Å². The summed E-state index contributed by atoms with van der Waals surface area (Å²) in [6.45, 7) is 0. The molecule has 2 heterocycles. The molecule has 3 rings (SSSR count). The molecule has 1 amide bonds. The number of nitrogens with zero attached hydrogens (tertiary/aromatic N) is 2.